The number of hydrogen-bond donors (Lipinski definition) is 1. The average Bonchev–Trinajstić information content (AvgIpc) is 1.85. The summed E-state index contributed by atoms with van der Waals surface area (Å²) in [5, 5.41) is 0. The number of nitrogens with two attached hydrogens (primary N) is 1. The maximum Gasteiger partial charge on any atom is 0.133 e. The molecule has 0 bridgehead atoms. The van der Waals surface area contributed by atoms with E-state index in [-0.39, 0.29) is 24.5 Å². The number of halogens is 4. The molecule has 5 heteroatoms. The molecule has 0 aromatic heterocycles. The molecule has 0 aliphatic rings. The second kappa shape index (κ2) is 4.33. The number of benzene rings is 1. The van der Waals surface area contributed by atoms with Crippen LogP contribution in [-0.2, 0) is 6.54 Å². The van der Waals surface area contributed by atoms with E-state index in [1.165, 1.54) is 0 Å². The quantitative estimate of drug-likeness (QED) is 0.732. The van der Waals surface area contributed by atoms with Gasteiger partial charge < -0.3 is 5.73 Å². The van der Waals surface area contributed by atoms with E-state index >= 15 is 0 Å². The van der Waals surface area contributed by atoms with Crippen molar-refractivity contribution in [3.05, 3.63) is 35.1 Å². The minimum atomic E-state index is -0.940. The first-order valence-electron chi connectivity index (χ1n) is 2.98. The molecular weight excluding hydrogens is 191 g/mol. The van der Waals surface area contributed by atoms with Crippen molar-refractivity contribution in [2.75, 3.05) is 0 Å². The summed E-state index contributed by atoms with van der Waals surface area (Å²) >= 11 is 0. The predicted molar refractivity (Wildman–Crippen MR) is 41.5 cm³/mol. The zero-order valence-electron chi connectivity index (χ0n) is 5.98. The first-order valence-corrected chi connectivity index (χ1v) is 2.98. The van der Waals surface area contributed by atoms with E-state index in [0.717, 1.165) is 0 Å². The lowest BCUT2D eigenvalue weighted by Gasteiger charge is -2.00. The smallest absolute Gasteiger partial charge is 0.133 e. The Labute approximate surface area is 73.8 Å². The Hall–Kier alpha value is -0.740. The van der Waals surface area contributed by atoms with Crippen LogP contribution in [0.3, 0.4) is 0 Å². The van der Waals surface area contributed by atoms with Gasteiger partial charge in [-0.05, 0) is 0 Å². The molecule has 0 spiro atoms. The first-order chi connectivity index (χ1) is 5.15. The van der Waals surface area contributed by atoms with Crippen molar-refractivity contribution in [2.45, 2.75) is 6.54 Å². The van der Waals surface area contributed by atoms with Crippen LogP contribution in [0.4, 0.5) is 13.2 Å². The molecule has 0 saturated heterocycles. The van der Waals surface area contributed by atoms with Crippen molar-refractivity contribution >= 4 is 12.4 Å². The first kappa shape index (κ1) is 11.3. The Morgan fingerprint density at radius 1 is 1.08 bits per heavy atom. The Morgan fingerprint density at radius 2 is 1.50 bits per heavy atom. The zero-order chi connectivity index (χ0) is 8.43. The fraction of sp³-hybridized carbons (Fsp3) is 0.143. The molecule has 0 aliphatic heterocycles. The van der Waals surface area contributed by atoms with Gasteiger partial charge in [0.25, 0.3) is 0 Å². The highest BCUT2D eigenvalue weighted by Crippen LogP contribution is 2.13. The Bertz CT molecular complexity index is 254. The second-order valence-corrected chi connectivity index (χ2v) is 2.05. The SMILES string of the molecule is Cl.NCc1c(F)cc(F)cc1F. The molecule has 0 atom stereocenters. The van der Waals surface area contributed by atoms with Crippen molar-refractivity contribution in [2.24, 2.45) is 5.73 Å². The molecule has 0 amide bonds. The third kappa shape index (κ3) is 2.12. The lowest BCUT2D eigenvalue weighted by atomic mass is 10.2. The zero-order valence-corrected chi connectivity index (χ0v) is 6.80. The minimum absolute atomic E-state index is 0. The molecular formula is C7H7ClF3N. The molecule has 1 rings (SSSR count). The Kier molecular flexibility index (Phi) is 4.06. The van der Waals surface area contributed by atoms with Crippen molar-refractivity contribution in [1.82, 2.24) is 0 Å². The van der Waals surface area contributed by atoms with Gasteiger partial charge in [-0.1, -0.05) is 0 Å². The monoisotopic (exact) mass is 197 g/mol. The van der Waals surface area contributed by atoms with E-state index < -0.39 is 17.5 Å². The maximum absolute atomic E-state index is 12.6. The molecule has 1 aromatic rings. The lowest BCUT2D eigenvalue weighted by Crippen LogP contribution is -2.03. The molecule has 0 heterocycles. The summed E-state index contributed by atoms with van der Waals surface area (Å²) in [5.41, 5.74) is 4.71. The van der Waals surface area contributed by atoms with Gasteiger partial charge in [-0.15, -0.1) is 12.4 Å². The molecule has 1 nitrogen and oxygen atoms in total. The minimum Gasteiger partial charge on any atom is -0.326 e. The third-order valence-electron chi connectivity index (χ3n) is 1.31. The van der Waals surface area contributed by atoms with E-state index in [9.17, 15) is 13.2 Å². The normalized spacial score (nSPS) is 9.33. The van der Waals surface area contributed by atoms with E-state index in [4.69, 9.17) is 5.73 Å². The van der Waals surface area contributed by atoms with Crippen molar-refractivity contribution in [1.29, 1.82) is 0 Å². The van der Waals surface area contributed by atoms with Crippen LogP contribution in [0.2, 0.25) is 0 Å². The topological polar surface area (TPSA) is 26.0 Å². The molecule has 0 fully saturated rings. The van der Waals surface area contributed by atoms with Crippen LogP contribution in [0.15, 0.2) is 12.1 Å². The van der Waals surface area contributed by atoms with Gasteiger partial charge in [-0.2, -0.15) is 0 Å². The van der Waals surface area contributed by atoms with Gasteiger partial charge in [0.05, 0.1) is 0 Å². The van der Waals surface area contributed by atoms with E-state index in [0.29, 0.717) is 12.1 Å². The largest absolute Gasteiger partial charge is 0.326 e. The summed E-state index contributed by atoms with van der Waals surface area (Å²) in [7, 11) is 0. The summed E-state index contributed by atoms with van der Waals surface area (Å²) in [6.45, 7) is -0.266. The molecule has 0 unspecified atom stereocenters. The number of hydrogen-bond acceptors (Lipinski definition) is 1. The van der Waals surface area contributed by atoms with Gasteiger partial charge in [-0.3, -0.25) is 0 Å². The van der Waals surface area contributed by atoms with Crippen LogP contribution in [-0.4, -0.2) is 0 Å². The van der Waals surface area contributed by atoms with E-state index in [1.807, 2.05) is 0 Å². The Balaban J connectivity index is 0.00000121. The molecule has 68 valence electrons. The lowest BCUT2D eigenvalue weighted by molar-refractivity contribution is 0.524. The van der Waals surface area contributed by atoms with Gasteiger partial charge >= 0.3 is 0 Å². The molecule has 0 saturated carbocycles. The fourth-order valence-corrected chi connectivity index (χ4v) is 0.767. The van der Waals surface area contributed by atoms with Crippen LogP contribution >= 0.6 is 12.4 Å². The molecule has 0 aliphatic carbocycles. The van der Waals surface area contributed by atoms with Crippen LogP contribution < -0.4 is 5.73 Å². The van der Waals surface area contributed by atoms with Gasteiger partial charge in [0.1, 0.15) is 17.5 Å². The van der Waals surface area contributed by atoms with Gasteiger partial charge in [0.15, 0.2) is 0 Å². The summed E-state index contributed by atoms with van der Waals surface area (Å²) in [6.07, 6.45) is 0. The highest BCUT2D eigenvalue weighted by molar-refractivity contribution is 5.85. The molecule has 1 aromatic carbocycles. The standard InChI is InChI=1S/C7H6F3N.ClH/c8-4-1-6(9)5(3-11)7(10)2-4;/h1-2H,3,11H2;1H. The Morgan fingerprint density at radius 3 is 1.83 bits per heavy atom. The molecule has 0 radical (unpaired) electrons. The predicted octanol–water partition coefficient (Wildman–Crippen LogP) is 1.98. The van der Waals surface area contributed by atoms with Gasteiger partial charge in [0.2, 0.25) is 0 Å². The van der Waals surface area contributed by atoms with Crippen LogP contribution in [0.5, 0.6) is 0 Å². The van der Waals surface area contributed by atoms with Crippen LogP contribution in [0, 0.1) is 17.5 Å². The molecule has 12 heavy (non-hydrogen) atoms. The van der Waals surface area contributed by atoms with Gasteiger partial charge in [0, 0.05) is 24.2 Å². The maximum atomic E-state index is 12.6. The third-order valence-corrected chi connectivity index (χ3v) is 1.31. The van der Waals surface area contributed by atoms with E-state index in [2.05, 4.69) is 0 Å². The highest BCUT2D eigenvalue weighted by Gasteiger charge is 2.08. The summed E-state index contributed by atoms with van der Waals surface area (Å²) in [4.78, 5) is 0. The second-order valence-electron chi connectivity index (χ2n) is 2.05. The van der Waals surface area contributed by atoms with Crippen LogP contribution in [0.1, 0.15) is 5.56 Å². The van der Waals surface area contributed by atoms with E-state index in [1.54, 1.807) is 0 Å². The molecule has 2 N–H and O–H groups in total. The number of rotatable bonds is 1. The van der Waals surface area contributed by atoms with Crippen molar-refractivity contribution < 1.29 is 13.2 Å². The summed E-state index contributed by atoms with van der Waals surface area (Å²) in [6, 6.07) is 1.20. The summed E-state index contributed by atoms with van der Waals surface area (Å²) < 4.78 is 37.3. The highest BCUT2D eigenvalue weighted by atomic mass is 35.5. The fourth-order valence-electron chi connectivity index (χ4n) is 0.767. The van der Waals surface area contributed by atoms with Gasteiger partial charge in [-0.25, -0.2) is 13.2 Å². The average molecular weight is 198 g/mol. The van der Waals surface area contributed by atoms with Crippen LogP contribution in [0.25, 0.3) is 0 Å². The summed E-state index contributed by atoms with van der Waals surface area (Å²) in [5.74, 6) is -2.81. The van der Waals surface area contributed by atoms with Crippen molar-refractivity contribution in [3.63, 3.8) is 0 Å². The van der Waals surface area contributed by atoms with Crippen molar-refractivity contribution in [3.8, 4) is 0 Å².